The highest BCUT2D eigenvalue weighted by Gasteiger charge is 2.16. The molecule has 1 aliphatic rings. The van der Waals surface area contributed by atoms with Crippen LogP contribution in [-0.2, 0) is 9.59 Å². The van der Waals surface area contributed by atoms with Crippen molar-refractivity contribution in [1.82, 2.24) is 10.6 Å². The summed E-state index contributed by atoms with van der Waals surface area (Å²) in [6, 6.07) is 8.04. The van der Waals surface area contributed by atoms with E-state index in [4.69, 9.17) is 4.74 Å². The van der Waals surface area contributed by atoms with Crippen LogP contribution in [0.4, 0.5) is 0 Å². The number of hydrogen-bond acceptors (Lipinski definition) is 3. The van der Waals surface area contributed by atoms with Gasteiger partial charge in [0.2, 0.25) is 5.91 Å². The summed E-state index contributed by atoms with van der Waals surface area (Å²) in [5.41, 5.74) is 1.10. The second-order valence-corrected chi connectivity index (χ2v) is 6.81. The summed E-state index contributed by atoms with van der Waals surface area (Å²) in [5.74, 6) is 0.706. The van der Waals surface area contributed by atoms with Crippen molar-refractivity contribution in [1.29, 1.82) is 0 Å². The molecule has 2 amide bonds. The van der Waals surface area contributed by atoms with E-state index in [0.29, 0.717) is 5.92 Å². The third kappa shape index (κ3) is 6.40. The summed E-state index contributed by atoms with van der Waals surface area (Å²) < 4.78 is 5.66. The smallest absolute Gasteiger partial charge is 0.258 e. The van der Waals surface area contributed by atoms with Gasteiger partial charge in [0.05, 0.1) is 6.54 Å². The van der Waals surface area contributed by atoms with E-state index in [-0.39, 0.29) is 31.0 Å². The number of hydrogen-bond donors (Lipinski definition) is 2. The fraction of sp³-hybridized carbons (Fsp3) is 0.600. The van der Waals surface area contributed by atoms with Crippen molar-refractivity contribution in [2.75, 3.05) is 13.2 Å². The number of carbonyl (C=O) groups excluding carboxylic acids is 2. The predicted octanol–water partition coefficient (Wildman–Crippen LogP) is 3.14. The second kappa shape index (κ2) is 10.1. The summed E-state index contributed by atoms with van der Waals surface area (Å²) in [6.45, 7) is 4.19. The van der Waals surface area contributed by atoms with Gasteiger partial charge in [0.1, 0.15) is 5.75 Å². The first-order valence-electron chi connectivity index (χ1n) is 9.38. The fourth-order valence-corrected chi connectivity index (χ4v) is 3.14. The molecule has 0 bridgehead atoms. The third-order valence-electron chi connectivity index (χ3n) is 4.84. The van der Waals surface area contributed by atoms with E-state index in [1.807, 2.05) is 24.3 Å². The highest BCUT2D eigenvalue weighted by molar-refractivity contribution is 5.85. The molecule has 1 fully saturated rings. The minimum Gasteiger partial charge on any atom is -0.483 e. The van der Waals surface area contributed by atoms with E-state index in [2.05, 4.69) is 24.5 Å². The van der Waals surface area contributed by atoms with E-state index < -0.39 is 0 Å². The molecule has 1 aromatic rings. The van der Waals surface area contributed by atoms with Gasteiger partial charge in [-0.3, -0.25) is 9.59 Å². The Labute approximate surface area is 150 Å². The van der Waals surface area contributed by atoms with Crippen LogP contribution in [0.2, 0.25) is 0 Å². The summed E-state index contributed by atoms with van der Waals surface area (Å²) in [5, 5.41) is 5.61. The van der Waals surface area contributed by atoms with Crippen LogP contribution >= 0.6 is 0 Å². The fourth-order valence-electron chi connectivity index (χ4n) is 3.14. The third-order valence-corrected chi connectivity index (χ3v) is 4.84. The average Bonchev–Trinajstić information content (AvgIpc) is 2.65. The maximum atomic E-state index is 11.9. The van der Waals surface area contributed by atoms with Crippen molar-refractivity contribution in [3.05, 3.63) is 29.8 Å². The van der Waals surface area contributed by atoms with Crippen LogP contribution in [0, 0.1) is 0 Å². The molecule has 2 rings (SSSR count). The Morgan fingerprint density at radius 1 is 1.16 bits per heavy atom. The van der Waals surface area contributed by atoms with E-state index in [1.165, 1.54) is 19.3 Å². The van der Waals surface area contributed by atoms with E-state index in [9.17, 15) is 9.59 Å². The summed E-state index contributed by atoms with van der Waals surface area (Å²) >= 11 is 0. The molecule has 1 saturated carbocycles. The monoisotopic (exact) mass is 346 g/mol. The lowest BCUT2D eigenvalue weighted by Gasteiger charge is -2.22. The zero-order chi connectivity index (χ0) is 18.1. The van der Waals surface area contributed by atoms with Crippen molar-refractivity contribution in [2.24, 2.45) is 0 Å². The van der Waals surface area contributed by atoms with Gasteiger partial charge in [-0.1, -0.05) is 51.3 Å². The van der Waals surface area contributed by atoms with Crippen LogP contribution in [0.1, 0.15) is 63.9 Å². The molecule has 1 atom stereocenters. The quantitative estimate of drug-likeness (QED) is 0.760. The maximum Gasteiger partial charge on any atom is 0.258 e. The van der Waals surface area contributed by atoms with Crippen molar-refractivity contribution in [2.45, 2.75) is 64.3 Å². The molecule has 2 N–H and O–H groups in total. The number of para-hydroxylation sites is 1. The Morgan fingerprint density at radius 3 is 2.60 bits per heavy atom. The molecule has 25 heavy (non-hydrogen) atoms. The van der Waals surface area contributed by atoms with Gasteiger partial charge < -0.3 is 15.4 Å². The van der Waals surface area contributed by atoms with Gasteiger partial charge in [-0.2, -0.15) is 0 Å². The summed E-state index contributed by atoms with van der Waals surface area (Å²) in [4.78, 5) is 23.9. The average molecular weight is 346 g/mol. The zero-order valence-electron chi connectivity index (χ0n) is 15.3. The largest absolute Gasteiger partial charge is 0.483 e. The molecule has 5 nitrogen and oxygen atoms in total. The number of carbonyl (C=O) groups is 2. The first-order chi connectivity index (χ1) is 12.1. The van der Waals surface area contributed by atoms with Crippen molar-refractivity contribution in [3.63, 3.8) is 0 Å². The number of rotatable bonds is 8. The van der Waals surface area contributed by atoms with Gasteiger partial charge in [0, 0.05) is 6.04 Å². The van der Waals surface area contributed by atoms with Crippen LogP contribution in [0.15, 0.2) is 24.3 Å². The highest BCUT2D eigenvalue weighted by Crippen LogP contribution is 2.28. The topological polar surface area (TPSA) is 67.4 Å². The highest BCUT2D eigenvalue weighted by atomic mass is 16.5. The van der Waals surface area contributed by atoms with Gasteiger partial charge in [0.15, 0.2) is 6.61 Å². The number of amides is 2. The molecule has 0 heterocycles. The molecule has 1 unspecified atom stereocenters. The Kier molecular flexibility index (Phi) is 7.76. The molecule has 1 aliphatic carbocycles. The first kappa shape index (κ1) is 19.3. The van der Waals surface area contributed by atoms with Crippen molar-refractivity contribution < 1.29 is 14.3 Å². The van der Waals surface area contributed by atoms with Gasteiger partial charge in [-0.25, -0.2) is 0 Å². The van der Waals surface area contributed by atoms with E-state index >= 15 is 0 Å². The molecule has 0 radical (unpaired) electrons. The Hall–Kier alpha value is -2.04. The maximum absolute atomic E-state index is 11.9. The minimum absolute atomic E-state index is 0.00566. The molecular formula is C20H30N2O3. The normalized spacial score (nSPS) is 16.1. The first-order valence-corrected chi connectivity index (χ1v) is 9.38. The van der Waals surface area contributed by atoms with Gasteiger partial charge in [-0.15, -0.1) is 0 Å². The molecule has 0 spiro atoms. The molecule has 0 saturated heterocycles. The van der Waals surface area contributed by atoms with Crippen LogP contribution in [0.5, 0.6) is 5.75 Å². The van der Waals surface area contributed by atoms with Gasteiger partial charge in [0.25, 0.3) is 5.91 Å². The Balaban J connectivity index is 1.73. The molecule has 5 heteroatoms. The van der Waals surface area contributed by atoms with Crippen molar-refractivity contribution in [3.8, 4) is 5.75 Å². The number of nitrogens with one attached hydrogen (secondary N) is 2. The lowest BCUT2D eigenvalue weighted by atomic mass is 9.95. The van der Waals surface area contributed by atoms with Crippen LogP contribution < -0.4 is 15.4 Å². The van der Waals surface area contributed by atoms with Gasteiger partial charge >= 0.3 is 0 Å². The number of ether oxygens (including phenoxy) is 1. The van der Waals surface area contributed by atoms with Crippen molar-refractivity contribution >= 4 is 11.8 Å². The predicted molar refractivity (Wildman–Crippen MR) is 98.7 cm³/mol. The number of benzene rings is 1. The molecular weight excluding hydrogens is 316 g/mol. The molecule has 0 aromatic heterocycles. The van der Waals surface area contributed by atoms with Gasteiger partial charge in [-0.05, 0) is 36.8 Å². The minimum atomic E-state index is -0.280. The molecule has 138 valence electrons. The van der Waals surface area contributed by atoms with Crippen LogP contribution in [0.3, 0.4) is 0 Å². The lowest BCUT2D eigenvalue weighted by Crippen LogP contribution is -2.43. The second-order valence-electron chi connectivity index (χ2n) is 6.81. The SMILES string of the molecule is CCC(C)c1ccccc1OCC(=O)NCC(=O)NC1CCCCC1. The summed E-state index contributed by atoms with van der Waals surface area (Å²) in [7, 11) is 0. The van der Waals surface area contributed by atoms with E-state index in [0.717, 1.165) is 30.6 Å². The van der Waals surface area contributed by atoms with E-state index in [1.54, 1.807) is 0 Å². The zero-order valence-corrected chi connectivity index (χ0v) is 15.3. The molecule has 1 aromatic carbocycles. The van der Waals surface area contributed by atoms with Crippen LogP contribution in [0.25, 0.3) is 0 Å². The van der Waals surface area contributed by atoms with Crippen LogP contribution in [-0.4, -0.2) is 31.0 Å². The summed E-state index contributed by atoms with van der Waals surface area (Å²) in [6.07, 6.45) is 6.67. The Morgan fingerprint density at radius 2 is 1.88 bits per heavy atom. The standard InChI is InChI=1S/C20H30N2O3/c1-3-15(2)17-11-7-8-12-18(17)25-14-20(24)21-13-19(23)22-16-9-5-4-6-10-16/h7-8,11-12,15-16H,3-6,9-10,13-14H2,1-2H3,(H,21,24)(H,22,23). The lowest BCUT2D eigenvalue weighted by molar-refractivity contribution is -0.127. The molecule has 0 aliphatic heterocycles. The Bertz CT molecular complexity index is 568.